The van der Waals surface area contributed by atoms with Gasteiger partial charge in [-0.1, -0.05) is 114 Å². The predicted octanol–water partition coefficient (Wildman–Crippen LogP) is 8.44. The summed E-state index contributed by atoms with van der Waals surface area (Å²) >= 11 is 0. The Kier molecular flexibility index (Phi) is 13.6. The summed E-state index contributed by atoms with van der Waals surface area (Å²) in [5, 5.41) is 0. The number of carbonyl (C=O) groups is 4. The van der Waals surface area contributed by atoms with Crippen molar-refractivity contribution in [1.29, 1.82) is 0 Å². The first-order valence-electron chi connectivity index (χ1n) is 18.3. The van der Waals surface area contributed by atoms with E-state index in [9.17, 15) is 19.2 Å². The lowest BCUT2D eigenvalue weighted by Crippen LogP contribution is -2.64. The van der Waals surface area contributed by atoms with Crippen LogP contribution >= 0.6 is 0 Å². The van der Waals surface area contributed by atoms with Crippen LogP contribution in [0, 0.1) is 0 Å². The number of esters is 4. The lowest BCUT2D eigenvalue weighted by Gasteiger charge is -2.47. The molecule has 10 nitrogen and oxygen atoms in total. The minimum Gasteiger partial charge on any atom is -0.452 e. The van der Waals surface area contributed by atoms with Crippen LogP contribution < -0.4 is 0 Å². The van der Waals surface area contributed by atoms with Crippen LogP contribution in [0.15, 0.2) is 121 Å². The van der Waals surface area contributed by atoms with Crippen molar-refractivity contribution in [3.63, 3.8) is 0 Å². The third-order valence-corrected chi connectivity index (χ3v) is 15.9. The van der Waals surface area contributed by atoms with Crippen molar-refractivity contribution in [3.05, 3.63) is 144 Å². The van der Waals surface area contributed by atoms with Gasteiger partial charge in [0.1, 0.15) is 6.10 Å². The molecule has 0 bridgehead atoms. The van der Waals surface area contributed by atoms with Crippen molar-refractivity contribution in [1.82, 2.24) is 0 Å². The first-order valence-corrected chi connectivity index (χ1v) is 20.4. The van der Waals surface area contributed by atoms with Gasteiger partial charge in [-0.2, -0.15) is 0 Å². The monoisotopic (exact) mass is 752 g/mol. The zero-order valence-electron chi connectivity index (χ0n) is 31.5. The number of hydrogen-bond donors (Lipinski definition) is 0. The molecule has 1 saturated heterocycles. The molecular weight excluding hydrogens is 705 g/mol. The van der Waals surface area contributed by atoms with Gasteiger partial charge in [0.25, 0.3) is 0 Å². The SMILES string of the molecule is CC(C)[Si](OC[C@H]1O[C@H](OC(=O)c2ccccc2)[C@@H](OC(=O)c2ccccc2)[C@@H](OC(=O)c2ccccc2)[C@@H]1OC(=O)c1ccccc1)(C(C)C)C(C)C. The molecule has 11 heteroatoms. The van der Waals surface area contributed by atoms with Crippen LogP contribution in [-0.2, 0) is 28.1 Å². The molecule has 5 atom stereocenters. The van der Waals surface area contributed by atoms with Gasteiger partial charge < -0.3 is 28.1 Å². The zero-order chi connectivity index (χ0) is 38.8. The molecule has 1 aliphatic rings. The average molecular weight is 753 g/mol. The summed E-state index contributed by atoms with van der Waals surface area (Å²) in [4.78, 5) is 55.1. The lowest BCUT2D eigenvalue weighted by atomic mass is 9.97. The van der Waals surface area contributed by atoms with Crippen LogP contribution in [0.25, 0.3) is 0 Å². The second-order valence-electron chi connectivity index (χ2n) is 14.2. The first kappa shape index (κ1) is 40.1. The highest BCUT2D eigenvalue weighted by atomic mass is 28.4. The van der Waals surface area contributed by atoms with Crippen molar-refractivity contribution in [2.24, 2.45) is 0 Å². The van der Waals surface area contributed by atoms with E-state index in [1.165, 1.54) is 0 Å². The summed E-state index contributed by atoms with van der Waals surface area (Å²) in [6, 6.07) is 33.0. The van der Waals surface area contributed by atoms with Gasteiger partial charge in [-0.25, -0.2) is 19.2 Å². The Bertz CT molecular complexity index is 1810. The van der Waals surface area contributed by atoms with E-state index in [4.69, 9.17) is 28.1 Å². The fourth-order valence-corrected chi connectivity index (χ4v) is 12.7. The molecule has 1 aliphatic heterocycles. The number of hydrogen-bond acceptors (Lipinski definition) is 10. The van der Waals surface area contributed by atoms with Crippen LogP contribution in [0.5, 0.6) is 0 Å². The van der Waals surface area contributed by atoms with E-state index in [1.807, 2.05) is 0 Å². The normalized spacial score (nSPS) is 20.0. The maximum atomic E-state index is 13.9. The smallest absolute Gasteiger partial charge is 0.340 e. The summed E-state index contributed by atoms with van der Waals surface area (Å²) in [6.07, 6.45) is -7.27. The van der Waals surface area contributed by atoms with Gasteiger partial charge in [0.05, 0.1) is 28.9 Å². The number of ether oxygens (including phenoxy) is 5. The minimum absolute atomic E-state index is 0.106. The van der Waals surface area contributed by atoms with E-state index in [0.29, 0.717) is 0 Å². The summed E-state index contributed by atoms with van der Waals surface area (Å²) in [5.41, 5.74) is 1.38. The number of benzene rings is 4. The molecule has 0 unspecified atom stereocenters. The summed E-state index contributed by atoms with van der Waals surface area (Å²) in [7, 11) is -2.57. The Labute approximate surface area is 317 Å². The molecule has 0 aliphatic carbocycles. The maximum absolute atomic E-state index is 13.9. The van der Waals surface area contributed by atoms with E-state index in [-0.39, 0.29) is 45.5 Å². The van der Waals surface area contributed by atoms with E-state index >= 15 is 0 Å². The van der Waals surface area contributed by atoms with E-state index < -0.39 is 62.9 Å². The third kappa shape index (κ3) is 9.33. The Morgan fingerprint density at radius 2 is 0.796 bits per heavy atom. The molecule has 4 aromatic rings. The van der Waals surface area contributed by atoms with Crippen LogP contribution in [-0.4, -0.2) is 69.5 Å². The molecule has 1 fully saturated rings. The lowest BCUT2D eigenvalue weighted by molar-refractivity contribution is -0.282. The fourth-order valence-electron chi connectivity index (χ4n) is 7.28. The van der Waals surface area contributed by atoms with Gasteiger partial charge in [-0.15, -0.1) is 0 Å². The van der Waals surface area contributed by atoms with E-state index in [1.54, 1.807) is 121 Å². The molecule has 0 radical (unpaired) electrons. The second-order valence-corrected chi connectivity index (χ2v) is 19.6. The first-order chi connectivity index (χ1) is 25.9. The topological polar surface area (TPSA) is 124 Å². The van der Waals surface area contributed by atoms with Gasteiger partial charge in [0.2, 0.25) is 12.4 Å². The molecule has 0 amide bonds. The standard InChI is InChI=1S/C43H48O10Si/c1-28(2)54(29(3)4,30(5)6)48-27-35-36(50-39(44)31-19-11-7-12-20-31)37(51-40(45)32-21-13-8-14-22-32)38(52-41(46)33-23-15-9-16-24-33)43(49-35)53-42(47)34-25-17-10-18-26-34/h7-26,28-30,35-38,43H,27H2,1-6H3/t35-,36-,37+,38+,43-/m1/s1. The molecule has 0 spiro atoms. The zero-order valence-corrected chi connectivity index (χ0v) is 32.5. The Hall–Kier alpha value is -5.10. The summed E-state index contributed by atoms with van der Waals surface area (Å²) in [5.74, 6) is -3.10. The van der Waals surface area contributed by atoms with Gasteiger partial charge in [0.15, 0.2) is 20.5 Å². The molecule has 284 valence electrons. The van der Waals surface area contributed by atoms with Gasteiger partial charge in [0, 0.05) is 0 Å². The molecule has 5 rings (SSSR count). The van der Waals surface area contributed by atoms with Crippen molar-refractivity contribution >= 4 is 32.2 Å². The van der Waals surface area contributed by atoms with Crippen molar-refractivity contribution < 1.29 is 47.3 Å². The number of rotatable bonds is 14. The Morgan fingerprint density at radius 1 is 0.481 bits per heavy atom. The largest absolute Gasteiger partial charge is 0.452 e. The summed E-state index contributed by atoms with van der Waals surface area (Å²) < 4.78 is 37.9. The molecule has 0 N–H and O–H groups in total. The minimum atomic E-state index is -2.57. The molecule has 1 heterocycles. The molecule has 0 aromatic heterocycles. The van der Waals surface area contributed by atoms with Crippen molar-refractivity contribution in [3.8, 4) is 0 Å². The van der Waals surface area contributed by atoms with E-state index in [0.717, 1.165) is 0 Å². The molecular formula is C43H48O10Si. The maximum Gasteiger partial charge on any atom is 0.340 e. The molecule has 54 heavy (non-hydrogen) atoms. The Balaban J connectivity index is 1.63. The van der Waals surface area contributed by atoms with Crippen LogP contribution in [0.2, 0.25) is 16.6 Å². The van der Waals surface area contributed by atoms with Gasteiger partial charge in [-0.05, 0) is 65.2 Å². The fraction of sp³-hybridized carbons (Fsp3) is 0.349. The predicted molar refractivity (Wildman–Crippen MR) is 204 cm³/mol. The van der Waals surface area contributed by atoms with Crippen LogP contribution in [0.4, 0.5) is 0 Å². The highest BCUT2D eigenvalue weighted by molar-refractivity contribution is 6.77. The van der Waals surface area contributed by atoms with Gasteiger partial charge in [-0.3, -0.25) is 0 Å². The highest BCUT2D eigenvalue weighted by Crippen LogP contribution is 2.43. The van der Waals surface area contributed by atoms with Gasteiger partial charge >= 0.3 is 23.9 Å². The third-order valence-electron chi connectivity index (χ3n) is 9.79. The molecule has 0 saturated carbocycles. The quantitative estimate of drug-likeness (QED) is 0.0704. The van der Waals surface area contributed by atoms with Crippen LogP contribution in [0.1, 0.15) is 83.0 Å². The number of carbonyl (C=O) groups excluding carboxylic acids is 4. The van der Waals surface area contributed by atoms with Crippen molar-refractivity contribution in [2.75, 3.05) is 6.61 Å². The van der Waals surface area contributed by atoms with Crippen LogP contribution in [0.3, 0.4) is 0 Å². The highest BCUT2D eigenvalue weighted by Gasteiger charge is 2.55. The summed E-state index contributed by atoms with van der Waals surface area (Å²) in [6.45, 7) is 12.7. The van der Waals surface area contributed by atoms with E-state index in [2.05, 4.69) is 41.5 Å². The van der Waals surface area contributed by atoms with Crippen molar-refractivity contribution in [2.45, 2.75) is 88.9 Å². The second kappa shape index (κ2) is 18.3. The average Bonchev–Trinajstić information content (AvgIpc) is 3.18. The molecule has 4 aromatic carbocycles. The Morgan fingerprint density at radius 3 is 1.15 bits per heavy atom.